The number of methoxy groups -OCH3 is 1. The highest BCUT2D eigenvalue weighted by molar-refractivity contribution is 5.27. The molecule has 0 spiro atoms. The van der Waals surface area contributed by atoms with E-state index >= 15 is 0 Å². The molecule has 2 aromatic rings. The number of hydrogen-bond donors (Lipinski definition) is 0. The Balaban J connectivity index is 2.00. The summed E-state index contributed by atoms with van der Waals surface area (Å²) < 4.78 is 17.2. The number of nitrogens with zero attached hydrogens (tertiary/aromatic N) is 2. The molecule has 0 aliphatic heterocycles. The van der Waals surface area contributed by atoms with Crippen LogP contribution < -0.4 is 9.58 Å². The summed E-state index contributed by atoms with van der Waals surface area (Å²) in [5.41, 5.74) is 1.08. The predicted octanol–water partition coefficient (Wildman–Crippen LogP) is 1.10. The third kappa shape index (κ3) is 2.50. The van der Waals surface area contributed by atoms with Crippen LogP contribution in [0.5, 0.6) is 5.75 Å². The number of benzene rings is 1. The van der Waals surface area contributed by atoms with E-state index in [0.717, 1.165) is 11.3 Å². The summed E-state index contributed by atoms with van der Waals surface area (Å²) in [4.78, 5) is 0.170. The van der Waals surface area contributed by atoms with E-state index in [2.05, 4.69) is 5.27 Å². The summed E-state index contributed by atoms with van der Waals surface area (Å²) >= 11 is 0. The number of aryl methyl sites for hydroxylation is 2. The van der Waals surface area contributed by atoms with Crippen LogP contribution in [0.1, 0.15) is 12.7 Å². The maximum atomic E-state index is 10.8. The fourth-order valence-electron chi connectivity index (χ4n) is 1.39. The predicted molar refractivity (Wildman–Crippen MR) is 55.9 cm³/mol. The van der Waals surface area contributed by atoms with Crippen molar-refractivity contribution in [3.63, 3.8) is 0 Å². The van der Waals surface area contributed by atoms with Gasteiger partial charge in [0, 0.05) is 6.42 Å². The van der Waals surface area contributed by atoms with Crippen LogP contribution in [-0.4, -0.2) is 12.4 Å². The molecule has 0 radical (unpaired) electrons. The molecule has 0 aliphatic rings. The first-order chi connectivity index (χ1) is 8.20. The molecule has 0 atom stereocenters. The van der Waals surface area contributed by atoms with Crippen LogP contribution in [0.4, 0.5) is 0 Å². The van der Waals surface area contributed by atoms with Crippen LogP contribution in [0.25, 0.3) is 0 Å². The lowest BCUT2D eigenvalue weighted by Crippen LogP contribution is -2.25. The van der Waals surface area contributed by atoms with E-state index in [1.807, 2.05) is 24.3 Å². The van der Waals surface area contributed by atoms with Gasteiger partial charge in [-0.1, -0.05) is 12.1 Å². The minimum absolute atomic E-state index is 0.170. The molecule has 5 nitrogen and oxygen atoms in total. The molecule has 0 unspecified atom stereocenters. The Morgan fingerprint density at radius 2 is 2.19 bits per heavy atom. The van der Waals surface area contributed by atoms with Crippen molar-refractivity contribution in [2.45, 2.75) is 12.8 Å². The van der Waals surface area contributed by atoms with Crippen molar-refractivity contribution in [3.05, 3.63) is 47.0 Å². The summed E-state index contributed by atoms with van der Waals surface area (Å²) in [5.74, 6) is 1.10. The Morgan fingerprint density at radius 1 is 1.44 bits per heavy atom. The molecule has 5 heteroatoms. The first-order valence-electron chi connectivity index (χ1n) is 5.38. The van der Waals surface area contributed by atoms with Crippen molar-refractivity contribution in [1.29, 1.82) is 0 Å². The second kappa shape index (κ2) is 4.65. The Bertz CT molecular complexity index is 496. The van der Waals surface area contributed by atoms with Gasteiger partial charge in [-0.2, -0.15) is 0 Å². The van der Waals surface area contributed by atoms with Crippen LogP contribution in [0, 0.1) is 5.21 Å². The van der Waals surface area contributed by atoms with Gasteiger partial charge < -0.3 is 14.5 Å². The number of ether oxygens (including phenoxy) is 1. The van der Waals surface area contributed by atoms with E-state index < -0.39 is 0 Å². The van der Waals surface area contributed by atoms with E-state index in [1.54, 1.807) is 7.11 Å². The summed E-state index contributed by atoms with van der Waals surface area (Å²) in [6.07, 6.45) is 0.942. The molecular weight excluding hydrogens is 208 g/mol. The van der Waals surface area contributed by atoms with Crippen LogP contribution in [0.15, 0.2) is 35.0 Å². The fraction of sp³-hybridized carbons (Fsp3) is 0.273. The van der Waals surface area contributed by atoms with E-state index in [0.29, 0.717) is 18.6 Å². The summed E-state index contributed by atoms with van der Waals surface area (Å²) in [6.45, 7) is 0. The summed E-state index contributed by atoms with van der Waals surface area (Å²) in [6, 6.07) is 7.60. The highest BCUT2D eigenvalue weighted by atomic mass is 16.6. The molecule has 1 aromatic heterocycles. The smallest absolute Gasteiger partial charge is 0.254 e. The van der Waals surface area contributed by atoms with Gasteiger partial charge in [-0.15, -0.1) is 0 Å². The van der Waals surface area contributed by atoms with Crippen LogP contribution >= 0.6 is 0 Å². The quantitative estimate of drug-likeness (QED) is 0.573. The standard InChI is InChI=1S/C11H12N2O3/c1-15-10-5-2-9(3-6-10)4-7-11-8-13(14)12-16-11/h2-3,5-6,8H,4,7H2,1H3/i8D. The van der Waals surface area contributed by atoms with Crippen molar-refractivity contribution in [2.24, 2.45) is 0 Å². The SMILES string of the molecule is [2H]c1c(CCc2ccc(OC)cc2)on[n+]1[O-]. The van der Waals surface area contributed by atoms with Crippen LogP contribution in [-0.2, 0) is 12.8 Å². The first kappa shape index (κ1) is 9.21. The second-order valence-electron chi connectivity index (χ2n) is 3.33. The average molecular weight is 221 g/mol. The molecule has 16 heavy (non-hydrogen) atoms. The van der Waals surface area contributed by atoms with Gasteiger partial charge >= 0.3 is 0 Å². The Labute approximate surface area is 94.2 Å². The Kier molecular flexibility index (Phi) is 2.68. The van der Waals surface area contributed by atoms with Crippen molar-refractivity contribution < 1.29 is 15.5 Å². The number of aromatic nitrogens is 2. The molecule has 0 saturated carbocycles. The lowest BCUT2D eigenvalue weighted by atomic mass is 10.1. The van der Waals surface area contributed by atoms with Crippen molar-refractivity contribution in [3.8, 4) is 5.75 Å². The molecule has 0 amide bonds. The van der Waals surface area contributed by atoms with E-state index in [9.17, 15) is 5.21 Å². The van der Waals surface area contributed by atoms with E-state index in [1.165, 1.54) is 0 Å². The third-order valence-electron chi connectivity index (χ3n) is 2.25. The third-order valence-corrected chi connectivity index (χ3v) is 2.25. The lowest BCUT2D eigenvalue weighted by Gasteiger charge is -2.01. The highest BCUT2D eigenvalue weighted by Crippen LogP contribution is 2.12. The van der Waals surface area contributed by atoms with Crippen LogP contribution in [0.2, 0.25) is 0 Å². The molecule has 1 heterocycles. The molecule has 84 valence electrons. The molecule has 0 fully saturated rings. The number of hydrogen-bond acceptors (Lipinski definition) is 4. The highest BCUT2D eigenvalue weighted by Gasteiger charge is 2.05. The van der Waals surface area contributed by atoms with Crippen molar-refractivity contribution in [1.82, 2.24) is 5.27 Å². The molecule has 2 rings (SSSR count). The van der Waals surface area contributed by atoms with Gasteiger partial charge in [0.15, 0.2) is 0 Å². The van der Waals surface area contributed by atoms with Gasteiger partial charge in [0.25, 0.3) is 6.17 Å². The van der Waals surface area contributed by atoms with Crippen molar-refractivity contribution in [2.75, 3.05) is 7.11 Å². The molecule has 0 saturated heterocycles. The van der Waals surface area contributed by atoms with Gasteiger partial charge in [-0.3, -0.25) is 0 Å². The lowest BCUT2D eigenvalue weighted by molar-refractivity contribution is -0.679. The zero-order chi connectivity index (χ0) is 12.3. The van der Waals surface area contributed by atoms with Gasteiger partial charge in [0.05, 0.1) is 7.11 Å². The van der Waals surface area contributed by atoms with Gasteiger partial charge in [0.1, 0.15) is 7.12 Å². The molecule has 0 N–H and O–H groups in total. The minimum atomic E-state index is -0.224. The van der Waals surface area contributed by atoms with Gasteiger partial charge in [0.2, 0.25) is 11.0 Å². The fourth-order valence-corrected chi connectivity index (χ4v) is 1.39. The molecule has 0 bridgehead atoms. The Morgan fingerprint density at radius 3 is 2.75 bits per heavy atom. The largest absolute Gasteiger partial charge is 0.592 e. The Hall–Kier alpha value is -2.04. The summed E-state index contributed by atoms with van der Waals surface area (Å²) in [5, 5.41) is 14.0. The van der Waals surface area contributed by atoms with E-state index in [-0.39, 0.29) is 11.0 Å². The maximum absolute atomic E-state index is 10.8. The normalized spacial score (nSPS) is 11.2. The molecular formula is C11H12N2O3. The van der Waals surface area contributed by atoms with Gasteiger partial charge in [-0.05, 0) is 29.0 Å². The van der Waals surface area contributed by atoms with E-state index in [4.69, 9.17) is 10.6 Å². The summed E-state index contributed by atoms with van der Waals surface area (Å²) in [7, 11) is 1.61. The molecule has 1 aromatic carbocycles. The monoisotopic (exact) mass is 221 g/mol. The second-order valence-corrected chi connectivity index (χ2v) is 3.33. The van der Waals surface area contributed by atoms with Gasteiger partial charge in [-0.25, -0.2) is 0 Å². The molecule has 0 aliphatic carbocycles. The minimum Gasteiger partial charge on any atom is -0.592 e. The van der Waals surface area contributed by atoms with Crippen molar-refractivity contribution >= 4 is 0 Å². The average Bonchev–Trinajstić information content (AvgIpc) is 2.68. The van der Waals surface area contributed by atoms with Crippen LogP contribution in [0.3, 0.4) is 0 Å². The maximum Gasteiger partial charge on any atom is 0.254 e. The number of rotatable bonds is 4. The zero-order valence-electron chi connectivity index (χ0n) is 9.84. The topological polar surface area (TPSA) is 62.2 Å². The zero-order valence-corrected chi connectivity index (χ0v) is 8.84. The first-order valence-corrected chi connectivity index (χ1v) is 4.88.